The molecule has 1 aromatic heterocycles. The van der Waals surface area contributed by atoms with Gasteiger partial charge in [-0.3, -0.25) is 9.69 Å². The van der Waals surface area contributed by atoms with Crippen LogP contribution in [0.5, 0.6) is 0 Å². The first kappa shape index (κ1) is 28.5. The van der Waals surface area contributed by atoms with Gasteiger partial charge in [0.25, 0.3) is 5.91 Å². The summed E-state index contributed by atoms with van der Waals surface area (Å²) in [7, 11) is -3.71. The Morgan fingerprint density at radius 3 is 2.48 bits per heavy atom. The third kappa shape index (κ3) is 5.83. The van der Waals surface area contributed by atoms with Crippen LogP contribution in [-0.4, -0.2) is 63.9 Å². The number of amides is 1. The van der Waals surface area contributed by atoms with Crippen LogP contribution in [0, 0.1) is 6.92 Å². The molecule has 42 heavy (non-hydrogen) atoms. The monoisotopic (exact) mass is 616 g/mol. The summed E-state index contributed by atoms with van der Waals surface area (Å²) >= 11 is 6.84. The molecule has 2 saturated heterocycles. The summed E-state index contributed by atoms with van der Waals surface area (Å²) < 4.78 is 35.8. The standard InChI is InChI=1S/C31H28N4O4S3/c1-22-10-12-23(13-11-22)20-34-30(36)28(41-31(34)40)19-25-21-35(26-7-3-2-4-8-26)32-29(25)24-6-5-9-27(18-24)42(37,38)33-14-16-39-17-15-33/h2-13,18-19,21H,14-17,20H2,1H3. The molecule has 214 valence electrons. The largest absolute Gasteiger partial charge is 0.379 e. The Morgan fingerprint density at radius 1 is 1.00 bits per heavy atom. The van der Waals surface area contributed by atoms with Crippen LogP contribution in [0.15, 0.2) is 94.9 Å². The molecule has 6 rings (SSSR count). The van der Waals surface area contributed by atoms with Crippen molar-refractivity contribution >= 4 is 50.3 Å². The number of benzene rings is 3. The van der Waals surface area contributed by atoms with E-state index in [-0.39, 0.29) is 10.8 Å². The Morgan fingerprint density at radius 2 is 1.74 bits per heavy atom. The van der Waals surface area contributed by atoms with Crippen molar-refractivity contribution in [2.75, 3.05) is 26.3 Å². The van der Waals surface area contributed by atoms with Crippen LogP contribution in [0.3, 0.4) is 0 Å². The van der Waals surface area contributed by atoms with Crippen molar-refractivity contribution in [3.05, 3.63) is 107 Å². The fraction of sp³-hybridized carbons (Fsp3) is 0.194. The maximum absolute atomic E-state index is 13.5. The van der Waals surface area contributed by atoms with E-state index in [0.717, 1.165) is 16.8 Å². The first-order valence-electron chi connectivity index (χ1n) is 13.4. The summed E-state index contributed by atoms with van der Waals surface area (Å²) in [4.78, 5) is 15.8. The van der Waals surface area contributed by atoms with Crippen molar-refractivity contribution < 1.29 is 17.9 Å². The number of carbonyl (C=O) groups is 1. The molecule has 0 N–H and O–H groups in total. The van der Waals surface area contributed by atoms with Crippen molar-refractivity contribution in [3.8, 4) is 16.9 Å². The van der Waals surface area contributed by atoms with Gasteiger partial charge in [-0.25, -0.2) is 13.1 Å². The molecule has 8 nitrogen and oxygen atoms in total. The molecule has 1 amide bonds. The molecule has 0 saturated carbocycles. The zero-order valence-corrected chi connectivity index (χ0v) is 25.3. The summed E-state index contributed by atoms with van der Waals surface area (Å²) in [5, 5.41) is 4.84. The Bertz CT molecular complexity index is 1780. The quantitative estimate of drug-likeness (QED) is 0.207. The third-order valence-corrected chi connectivity index (χ3v) is 10.4. The van der Waals surface area contributed by atoms with Crippen molar-refractivity contribution in [2.45, 2.75) is 18.4 Å². The van der Waals surface area contributed by atoms with E-state index < -0.39 is 10.0 Å². The Kier molecular flexibility index (Phi) is 8.11. The zero-order chi connectivity index (χ0) is 29.3. The van der Waals surface area contributed by atoms with E-state index in [1.165, 1.54) is 16.1 Å². The van der Waals surface area contributed by atoms with Crippen molar-refractivity contribution in [3.63, 3.8) is 0 Å². The normalized spacial score (nSPS) is 17.4. The van der Waals surface area contributed by atoms with E-state index >= 15 is 0 Å². The number of thiocarbonyl (C=S) groups is 1. The van der Waals surface area contributed by atoms with E-state index in [4.69, 9.17) is 22.1 Å². The number of hydrogen-bond acceptors (Lipinski definition) is 7. The van der Waals surface area contributed by atoms with E-state index in [0.29, 0.717) is 58.9 Å². The van der Waals surface area contributed by atoms with Crippen LogP contribution in [0.25, 0.3) is 23.0 Å². The number of para-hydroxylation sites is 1. The van der Waals surface area contributed by atoms with Crippen LogP contribution < -0.4 is 0 Å². The number of nitrogens with zero attached hydrogens (tertiary/aromatic N) is 4. The van der Waals surface area contributed by atoms with Crippen LogP contribution in [0.2, 0.25) is 0 Å². The molecular formula is C31H28N4O4S3. The van der Waals surface area contributed by atoms with Gasteiger partial charge in [-0.15, -0.1) is 0 Å². The second-order valence-electron chi connectivity index (χ2n) is 10.0. The number of rotatable bonds is 7. The number of hydrogen-bond donors (Lipinski definition) is 0. The minimum atomic E-state index is -3.71. The molecule has 0 atom stereocenters. The van der Waals surface area contributed by atoms with E-state index in [1.54, 1.807) is 33.9 Å². The summed E-state index contributed by atoms with van der Waals surface area (Å²) in [6.45, 7) is 3.77. The number of sulfonamides is 1. The lowest BCUT2D eigenvalue weighted by atomic mass is 10.1. The predicted octanol–water partition coefficient (Wildman–Crippen LogP) is 5.27. The number of carbonyl (C=O) groups excluding carboxylic acids is 1. The Hall–Kier alpha value is -3.61. The fourth-order valence-corrected chi connectivity index (χ4v) is 7.52. The van der Waals surface area contributed by atoms with Gasteiger partial charge in [0.05, 0.1) is 35.2 Å². The highest BCUT2D eigenvalue weighted by atomic mass is 32.2. The Balaban J connectivity index is 1.38. The first-order valence-corrected chi connectivity index (χ1v) is 16.1. The summed E-state index contributed by atoms with van der Waals surface area (Å²) in [5.74, 6) is -0.173. The molecule has 11 heteroatoms. The molecule has 2 fully saturated rings. The number of aromatic nitrogens is 2. The average Bonchev–Trinajstić information content (AvgIpc) is 3.55. The molecule has 0 radical (unpaired) electrons. The van der Waals surface area contributed by atoms with Crippen LogP contribution in [-0.2, 0) is 26.1 Å². The number of aryl methyl sites for hydroxylation is 1. The van der Waals surface area contributed by atoms with E-state index in [2.05, 4.69) is 0 Å². The third-order valence-electron chi connectivity index (χ3n) is 7.10. The van der Waals surface area contributed by atoms with Crippen molar-refractivity contribution in [2.24, 2.45) is 0 Å². The predicted molar refractivity (Wildman–Crippen MR) is 168 cm³/mol. The molecule has 4 aromatic rings. The zero-order valence-electron chi connectivity index (χ0n) is 22.8. The van der Waals surface area contributed by atoms with Crippen molar-refractivity contribution in [1.29, 1.82) is 0 Å². The highest BCUT2D eigenvalue weighted by molar-refractivity contribution is 8.26. The van der Waals surface area contributed by atoms with Crippen LogP contribution >= 0.6 is 24.0 Å². The lowest BCUT2D eigenvalue weighted by molar-refractivity contribution is -0.122. The van der Waals surface area contributed by atoms with E-state index in [9.17, 15) is 13.2 Å². The van der Waals surface area contributed by atoms with Crippen LogP contribution in [0.4, 0.5) is 0 Å². The first-order chi connectivity index (χ1) is 20.3. The van der Waals surface area contributed by atoms with Gasteiger partial charge in [0.15, 0.2) is 0 Å². The Labute approximate surface area is 254 Å². The number of morpholine rings is 1. The molecule has 3 aromatic carbocycles. The average molecular weight is 617 g/mol. The van der Waals surface area contributed by atoms with Gasteiger partial charge in [-0.1, -0.05) is 84.1 Å². The minimum absolute atomic E-state index is 0.173. The van der Waals surface area contributed by atoms with Gasteiger partial charge in [-0.2, -0.15) is 9.40 Å². The summed E-state index contributed by atoms with van der Waals surface area (Å²) in [6.07, 6.45) is 3.64. The topological polar surface area (TPSA) is 84.7 Å². The smallest absolute Gasteiger partial charge is 0.266 e. The second-order valence-corrected chi connectivity index (χ2v) is 13.6. The molecule has 2 aliphatic heterocycles. The summed E-state index contributed by atoms with van der Waals surface area (Å²) in [6, 6.07) is 24.4. The molecule has 0 bridgehead atoms. The molecule has 0 unspecified atom stereocenters. The molecule has 0 spiro atoms. The molecule has 0 aliphatic carbocycles. The van der Waals surface area contributed by atoms with Gasteiger partial charge >= 0.3 is 0 Å². The SMILES string of the molecule is Cc1ccc(CN2C(=O)C(=Cc3cn(-c4ccccc4)nc3-c3cccc(S(=O)(=O)N4CCOCC4)c3)SC2=S)cc1. The maximum Gasteiger partial charge on any atom is 0.266 e. The highest BCUT2D eigenvalue weighted by Crippen LogP contribution is 2.36. The van der Waals surface area contributed by atoms with Gasteiger partial charge in [0.2, 0.25) is 10.0 Å². The number of thioether (sulfide) groups is 1. The molecule has 3 heterocycles. The minimum Gasteiger partial charge on any atom is -0.379 e. The summed E-state index contributed by atoms with van der Waals surface area (Å²) in [5.41, 5.74) is 4.84. The lowest BCUT2D eigenvalue weighted by Crippen LogP contribution is -2.40. The van der Waals surface area contributed by atoms with Crippen LogP contribution in [0.1, 0.15) is 16.7 Å². The molecule has 2 aliphatic rings. The maximum atomic E-state index is 13.5. The van der Waals surface area contributed by atoms with Gasteiger partial charge in [0, 0.05) is 30.4 Å². The molecular weight excluding hydrogens is 589 g/mol. The van der Waals surface area contributed by atoms with Crippen molar-refractivity contribution in [1.82, 2.24) is 19.0 Å². The number of ether oxygens (including phenoxy) is 1. The second kappa shape index (κ2) is 11.9. The fourth-order valence-electron chi connectivity index (χ4n) is 4.82. The van der Waals surface area contributed by atoms with E-state index in [1.807, 2.05) is 73.8 Å². The van der Waals surface area contributed by atoms with Gasteiger partial charge in [-0.05, 0) is 42.8 Å². The lowest BCUT2D eigenvalue weighted by Gasteiger charge is -2.26. The highest BCUT2D eigenvalue weighted by Gasteiger charge is 2.33. The van der Waals surface area contributed by atoms with Gasteiger partial charge in [0.1, 0.15) is 10.0 Å². The van der Waals surface area contributed by atoms with Gasteiger partial charge < -0.3 is 4.74 Å².